The second-order valence-corrected chi connectivity index (χ2v) is 7.22. The summed E-state index contributed by atoms with van der Waals surface area (Å²) in [6.07, 6.45) is 5.72. The third-order valence-corrected chi connectivity index (χ3v) is 5.47. The van der Waals surface area contributed by atoms with Gasteiger partial charge >= 0.3 is 0 Å². The predicted octanol–water partition coefficient (Wildman–Crippen LogP) is 3.63. The lowest BCUT2D eigenvalue weighted by molar-refractivity contribution is -0.138. The van der Waals surface area contributed by atoms with Crippen LogP contribution in [0.15, 0.2) is 24.3 Å². The van der Waals surface area contributed by atoms with Crippen LogP contribution in [0.2, 0.25) is 5.02 Å². The summed E-state index contributed by atoms with van der Waals surface area (Å²) in [6.45, 7) is 2.91. The van der Waals surface area contributed by atoms with E-state index in [9.17, 15) is 10.1 Å². The first kappa shape index (κ1) is 17.3. The van der Waals surface area contributed by atoms with Crippen molar-refractivity contribution in [2.45, 2.75) is 38.1 Å². The first-order chi connectivity index (χ1) is 11.7. The first-order valence-corrected chi connectivity index (χ1v) is 9.25. The molecular formula is C19H24ClN3O. The van der Waals surface area contributed by atoms with E-state index in [0.29, 0.717) is 24.0 Å². The van der Waals surface area contributed by atoms with Crippen molar-refractivity contribution in [2.24, 2.45) is 5.92 Å². The number of nitrogens with zero attached hydrogens (tertiary/aromatic N) is 3. The number of nitriles is 1. The molecule has 1 saturated carbocycles. The lowest BCUT2D eigenvalue weighted by Crippen LogP contribution is -2.51. The van der Waals surface area contributed by atoms with Crippen LogP contribution in [0.3, 0.4) is 0 Å². The molecule has 2 aliphatic rings. The summed E-state index contributed by atoms with van der Waals surface area (Å²) in [6, 6.07) is 9.59. The van der Waals surface area contributed by atoms with Crippen molar-refractivity contribution in [3.63, 3.8) is 0 Å². The Labute approximate surface area is 149 Å². The van der Waals surface area contributed by atoms with Crippen LogP contribution in [0.25, 0.3) is 0 Å². The lowest BCUT2D eigenvalue weighted by Gasteiger charge is -2.38. The van der Waals surface area contributed by atoms with E-state index in [-0.39, 0.29) is 12.0 Å². The molecule has 24 heavy (non-hydrogen) atoms. The molecule has 0 spiro atoms. The summed E-state index contributed by atoms with van der Waals surface area (Å²) in [7, 11) is 0. The molecule has 1 saturated heterocycles. The second-order valence-electron chi connectivity index (χ2n) is 6.78. The number of carbonyl (C=O) groups is 1. The third-order valence-electron chi connectivity index (χ3n) is 5.23. The fourth-order valence-electron chi connectivity index (χ4n) is 3.85. The van der Waals surface area contributed by atoms with Crippen LogP contribution in [0.1, 0.15) is 43.7 Å². The Bertz CT molecular complexity index is 613. The molecule has 128 valence electrons. The molecule has 1 atom stereocenters. The second kappa shape index (κ2) is 8.00. The number of amides is 1. The normalized spacial score (nSPS) is 21.2. The molecule has 0 N–H and O–H groups in total. The summed E-state index contributed by atoms with van der Waals surface area (Å²) >= 11 is 6.05. The van der Waals surface area contributed by atoms with Gasteiger partial charge in [-0.1, -0.05) is 43.0 Å². The van der Waals surface area contributed by atoms with Gasteiger partial charge in [-0.05, 0) is 30.5 Å². The number of piperazine rings is 1. The minimum Gasteiger partial charge on any atom is -0.340 e. The van der Waals surface area contributed by atoms with E-state index < -0.39 is 0 Å². The van der Waals surface area contributed by atoms with Crippen LogP contribution in [0, 0.1) is 17.2 Å². The van der Waals surface area contributed by atoms with E-state index in [1.165, 1.54) is 19.3 Å². The SMILES string of the molecule is N#CC(c1cccc(Cl)c1)N1CCN(C(=O)C2CCCCC2)CC1. The Hall–Kier alpha value is -1.57. The standard InChI is InChI=1S/C19H24ClN3O/c20-17-8-4-7-16(13-17)18(14-21)22-9-11-23(12-10-22)19(24)15-5-2-1-3-6-15/h4,7-8,13,15,18H,1-3,5-6,9-12H2. The van der Waals surface area contributed by atoms with E-state index in [2.05, 4.69) is 11.0 Å². The van der Waals surface area contributed by atoms with Gasteiger partial charge < -0.3 is 4.90 Å². The number of benzene rings is 1. The summed E-state index contributed by atoms with van der Waals surface area (Å²) in [5, 5.41) is 10.2. The molecule has 2 fully saturated rings. The molecule has 0 radical (unpaired) electrons. The zero-order valence-electron chi connectivity index (χ0n) is 14.0. The number of halogens is 1. The van der Waals surface area contributed by atoms with Crippen LogP contribution in [0.4, 0.5) is 0 Å². The number of carbonyl (C=O) groups excluding carboxylic acids is 1. The molecule has 1 aromatic rings. The van der Waals surface area contributed by atoms with Gasteiger partial charge in [-0.2, -0.15) is 5.26 Å². The fourth-order valence-corrected chi connectivity index (χ4v) is 4.05. The molecule has 4 nitrogen and oxygen atoms in total. The largest absolute Gasteiger partial charge is 0.340 e. The van der Waals surface area contributed by atoms with Crippen molar-refractivity contribution in [3.8, 4) is 6.07 Å². The Morgan fingerprint density at radius 2 is 1.88 bits per heavy atom. The fraction of sp³-hybridized carbons (Fsp3) is 0.579. The van der Waals surface area contributed by atoms with Crippen molar-refractivity contribution in [3.05, 3.63) is 34.9 Å². The minimum atomic E-state index is -0.296. The molecule has 1 aromatic carbocycles. The van der Waals surface area contributed by atoms with Crippen LogP contribution < -0.4 is 0 Å². The zero-order valence-corrected chi connectivity index (χ0v) is 14.7. The maximum atomic E-state index is 12.6. The summed E-state index contributed by atoms with van der Waals surface area (Å²) in [4.78, 5) is 16.8. The van der Waals surface area contributed by atoms with Gasteiger partial charge in [0.25, 0.3) is 0 Å². The Balaban J connectivity index is 1.59. The van der Waals surface area contributed by atoms with Crippen LogP contribution >= 0.6 is 11.6 Å². The van der Waals surface area contributed by atoms with E-state index in [1.807, 2.05) is 29.2 Å². The van der Waals surface area contributed by atoms with Gasteiger partial charge in [0.15, 0.2) is 0 Å². The highest BCUT2D eigenvalue weighted by molar-refractivity contribution is 6.30. The summed E-state index contributed by atoms with van der Waals surface area (Å²) in [5.74, 6) is 0.551. The van der Waals surface area contributed by atoms with E-state index in [1.54, 1.807) is 0 Å². The molecule has 1 amide bonds. The molecule has 1 heterocycles. The highest BCUT2D eigenvalue weighted by atomic mass is 35.5. The molecule has 5 heteroatoms. The molecule has 1 aliphatic heterocycles. The third kappa shape index (κ3) is 3.91. The van der Waals surface area contributed by atoms with E-state index >= 15 is 0 Å². The first-order valence-electron chi connectivity index (χ1n) is 8.87. The highest BCUT2D eigenvalue weighted by Crippen LogP contribution is 2.27. The highest BCUT2D eigenvalue weighted by Gasteiger charge is 2.30. The maximum Gasteiger partial charge on any atom is 0.225 e. The molecule has 1 unspecified atom stereocenters. The van der Waals surface area contributed by atoms with Gasteiger partial charge in [-0.25, -0.2) is 0 Å². The van der Waals surface area contributed by atoms with Crippen LogP contribution in [-0.2, 0) is 4.79 Å². The van der Waals surface area contributed by atoms with Gasteiger partial charge in [0.2, 0.25) is 5.91 Å². The smallest absolute Gasteiger partial charge is 0.225 e. The quantitative estimate of drug-likeness (QED) is 0.840. The number of hydrogen-bond acceptors (Lipinski definition) is 3. The van der Waals surface area contributed by atoms with Gasteiger partial charge in [0, 0.05) is 37.1 Å². The van der Waals surface area contributed by atoms with Crippen molar-refractivity contribution in [1.29, 1.82) is 5.26 Å². The van der Waals surface area contributed by atoms with Gasteiger partial charge in [0.05, 0.1) is 6.07 Å². The number of hydrogen-bond donors (Lipinski definition) is 0. The minimum absolute atomic E-state index is 0.227. The average Bonchev–Trinajstić information content (AvgIpc) is 2.63. The zero-order chi connectivity index (χ0) is 16.9. The van der Waals surface area contributed by atoms with Gasteiger partial charge in [0.1, 0.15) is 6.04 Å². The Kier molecular flexibility index (Phi) is 5.76. The maximum absolute atomic E-state index is 12.6. The predicted molar refractivity (Wildman–Crippen MR) is 94.5 cm³/mol. The van der Waals surface area contributed by atoms with Crippen molar-refractivity contribution >= 4 is 17.5 Å². The summed E-state index contributed by atoms with van der Waals surface area (Å²) in [5.41, 5.74) is 0.928. The van der Waals surface area contributed by atoms with Gasteiger partial charge in [-0.15, -0.1) is 0 Å². The summed E-state index contributed by atoms with van der Waals surface area (Å²) < 4.78 is 0. The molecule has 1 aliphatic carbocycles. The molecule has 0 aromatic heterocycles. The molecular weight excluding hydrogens is 322 g/mol. The van der Waals surface area contributed by atoms with Crippen LogP contribution in [-0.4, -0.2) is 41.9 Å². The molecule has 0 bridgehead atoms. The van der Waals surface area contributed by atoms with Crippen LogP contribution in [0.5, 0.6) is 0 Å². The Morgan fingerprint density at radius 1 is 1.17 bits per heavy atom. The monoisotopic (exact) mass is 345 g/mol. The van der Waals surface area contributed by atoms with Crippen molar-refractivity contribution < 1.29 is 4.79 Å². The van der Waals surface area contributed by atoms with Gasteiger partial charge in [-0.3, -0.25) is 9.69 Å². The lowest BCUT2D eigenvalue weighted by atomic mass is 9.88. The van der Waals surface area contributed by atoms with E-state index in [0.717, 1.165) is 31.5 Å². The van der Waals surface area contributed by atoms with Crippen molar-refractivity contribution in [2.75, 3.05) is 26.2 Å². The topological polar surface area (TPSA) is 47.3 Å². The average molecular weight is 346 g/mol. The van der Waals surface area contributed by atoms with E-state index in [4.69, 9.17) is 11.6 Å². The molecule has 3 rings (SSSR count). The number of rotatable bonds is 3. The Morgan fingerprint density at radius 3 is 2.50 bits per heavy atom. The van der Waals surface area contributed by atoms with Crippen molar-refractivity contribution in [1.82, 2.24) is 9.80 Å².